The highest BCUT2D eigenvalue weighted by atomic mass is 16.4. The van der Waals surface area contributed by atoms with E-state index in [1.807, 2.05) is 0 Å². The number of nitrogens with one attached hydrogen (secondary N) is 1. The molecule has 16 heavy (non-hydrogen) atoms. The molecule has 0 aliphatic carbocycles. The zero-order chi connectivity index (χ0) is 11.7. The second-order valence-corrected chi connectivity index (χ2v) is 4.07. The SMILES string of the molecule is O=C(O)C1=C(O)C(=O)N(C2CCCNC2)C1. The lowest BCUT2D eigenvalue weighted by molar-refractivity contribution is -0.133. The first-order valence-corrected chi connectivity index (χ1v) is 5.28. The normalized spacial score (nSPS) is 26.4. The van der Waals surface area contributed by atoms with Crippen molar-refractivity contribution in [2.45, 2.75) is 18.9 Å². The third-order valence-electron chi connectivity index (χ3n) is 3.05. The summed E-state index contributed by atoms with van der Waals surface area (Å²) < 4.78 is 0. The molecule has 0 radical (unpaired) electrons. The van der Waals surface area contributed by atoms with Gasteiger partial charge < -0.3 is 20.4 Å². The number of amides is 1. The Morgan fingerprint density at radius 3 is 2.75 bits per heavy atom. The van der Waals surface area contributed by atoms with Crippen LogP contribution >= 0.6 is 0 Å². The van der Waals surface area contributed by atoms with Crippen LogP contribution in [0.2, 0.25) is 0 Å². The van der Waals surface area contributed by atoms with Crippen molar-refractivity contribution < 1.29 is 19.8 Å². The van der Waals surface area contributed by atoms with E-state index in [0.29, 0.717) is 6.54 Å². The molecule has 1 amide bonds. The van der Waals surface area contributed by atoms with E-state index >= 15 is 0 Å². The molecule has 2 rings (SSSR count). The number of carbonyl (C=O) groups excluding carboxylic acids is 1. The number of aliphatic hydroxyl groups is 1. The average molecular weight is 226 g/mol. The standard InChI is InChI=1S/C10H14N2O4/c13-8-7(10(15)16)5-12(9(8)14)6-2-1-3-11-4-6/h6,11,13H,1-5H2,(H,15,16). The van der Waals surface area contributed by atoms with E-state index in [4.69, 9.17) is 5.11 Å². The van der Waals surface area contributed by atoms with Crippen LogP contribution < -0.4 is 5.32 Å². The van der Waals surface area contributed by atoms with Gasteiger partial charge in [0.1, 0.15) is 5.57 Å². The summed E-state index contributed by atoms with van der Waals surface area (Å²) in [6, 6.07) is -0.0137. The van der Waals surface area contributed by atoms with Gasteiger partial charge >= 0.3 is 5.97 Å². The molecular weight excluding hydrogens is 212 g/mol. The third-order valence-corrected chi connectivity index (χ3v) is 3.05. The predicted molar refractivity (Wildman–Crippen MR) is 54.9 cm³/mol. The van der Waals surface area contributed by atoms with Gasteiger partial charge in [-0.3, -0.25) is 4.79 Å². The maximum Gasteiger partial charge on any atom is 0.337 e. The van der Waals surface area contributed by atoms with Gasteiger partial charge in [0, 0.05) is 12.6 Å². The van der Waals surface area contributed by atoms with Gasteiger partial charge in [-0.1, -0.05) is 0 Å². The number of rotatable bonds is 2. The Balaban J connectivity index is 2.11. The smallest absolute Gasteiger partial charge is 0.337 e. The molecule has 0 aromatic rings. The molecule has 1 atom stereocenters. The zero-order valence-electron chi connectivity index (χ0n) is 8.77. The second kappa shape index (κ2) is 4.13. The third kappa shape index (κ3) is 1.76. The van der Waals surface area contributed by atoms with Crippen molar-refractivity contribution in [2.24, 2.45) is 0 Å². The molecule has 0 saturated carbocycles. The lowest BCUT2D eigenvalue weighted by Crippen LogP contribution is -2.47. The van der Waals surface area contributed by atoms with E-state index in [2.05, 4.69) is 5.32 Å². The number of nitrogens with zero attached hydrogens (tertiary/aromatic N) is 1. The van der Waals surface area contributed by atoms with E-state index in [9.17, 15) is 14.7 Å². The van der Waals surface area contributed by atoms with Crippen LogP contribution in [0.4, 0.5) is 0 Å². The Labute approximate surface area is 92.5 Å². The number of piperidine rings is 1. The minimum Gasteiger partial charge on any atom is -0.503 e. The fraction of sp³-hybridized carbons (Fsp3) is 0.600. The molecule has 6 heteroatoms. The number of aliphatic hydroxyl groups excluding tert-OH is 1. The number of aliphatic carboxylic acids is 1. The molecular formula is C10H14N2O4. The van der Waals surface area contributed by atoms with Gasteiger partial charge in [0.05, 0.1) is 6.54 Å². The highest BCUT2D eigenvalue weighted by molar-refractivity contribution is 6.04. The molecule has 2 aliphatic rings. The van der Waals surface area contributed by atoms with Crippen molar-refractivity contribution in [3.63, 3.8) is 0 Å². The minimum atomic E-state index is -1.22. The Morgan fingerprint density at radius 1 is 1.50 bits per heavy atom. The van der Waals surface area contributed by atoms with Crippen LogP contribution in [0.1, 0.15) is 12.8 Å². The molecule has 6 nitrogen and oxygen atoms in total. The van der Waals surface area contributed by atoms with Crippen LogP contribution in [-0.4, -0.2) is 52.7 Å². The van der Waals surface area contributed by atoms with Crippen molar-refractivity contribution in [1.82, 2.24) is 10.2 Å². The lowest BCUT2D eigenvalue weighted by Gasteiger charge is -2.31. The summed E-state index contributed by atoms with van der Waals surface area (Å²) in [4.78, 5) is 23.9. The monoisotopic (exact) mass is 226 g/mol. The Kier molecular flexibility index (Phi) is 2.82. The fourth-order valence-corrected chi connectivity index (χ4v) is 2.15. The first kappa shape index (κ1) is 10.9. The van der Waals surface area contributed by atoms with Gasteiger partial charge in [-0.05, 0) is 19.4 Å². The lowest BCUT2D eigenvalue weighted by atomic mass is 10.1. The maximum atomic E-state index is 11.6. The number of carboxylic acids is 1. The molecule has 1 unspecified atom stereocenters. The van der Waals surface area contributed by atoms with Crippen molar-refractivity contribution >= 4 is 11.9 Å². The summed E-state index contributed by atoms with van der Waals surface area (Å²) >= 11 is 0. The molecule has 0 bridgehead atoms. The van der Waals surface area contributed by atoms with Crippen LogP contribution in [0.15, 0.2) is 11.3 Å². The molecule has 3 N–H and O–H groups in total. The second-order valence-electron chi connectivity index (χ2n) is 4.07. The summed E-state index contributed by atoms with van der Waals surface area (Å²) in [7, 11) is 0. The van der Waals surface area contributed by atoms with Crippen molar-refractivity contribution in [3.05, 3.63) is 11.3 Å². The summed E-state index contributed by atoms with van der Waals surface area (Å²) in [6.07, 6.45) is 1.80. The van der Waals surface area contributed by atoms with E-state index in [1.165, 1.54) is 4.90 Å². The maximum absolute atomic E-state index is 11.6. The molecule has 1 saturated heterocycles. The first-order chi connectivity index (χ1) is 7.61. The van der Waals surface area contributed by atoms with Crippen LogP contribution in [0.3, 0.4) is 0 Å². The van der Waals surface area contributed by atoms with Gasteiger partial charge in [-0.15, -0.1) is 0 Å². The minimum absolute atomic E-state index is 0.00630. The van der Waals surface area contributed by atoms with Crippen LogP contribution in [-0.2, 0) is 9.59 Å². The van der Waals surface area contributed by atoms with Gasteiger partial charge in [0.25, 0.3) is 5.91 Å². The zero-order valence-corrected chi connectivity index (χ0v) is 8.77. The van der Waals surface area contributed by atoms with E-state index in [-0.39, 0.29) is 18.2 Å². The first-order valence-electron chi connectivity index (χ1n) is 5.28. The molecule has 2 heterocycles. The summed E-state index contributed by atoms with van der Waals surface area (Å²) in [6.45, 7) is 1.59. The number of hydrogen-bond donors (Lipinski definition) is 3. The van der Waals surface area contributed by atoms with Gasteiger partial charge in [-0.25, -0.2) is 4.79 Å². The average Bonchev–Trinajstić information content (AvgIpc) is 2.58. The molecule has 0 aromatic carbocycles. The van der Waals surface area contributed by atoms with Crippen LogP contribution in [0, 0.1) is 0 Å². The largest absolute Gasteiger partial charge is 0.503 e. The molecule has 88 valence electrons. The predicted octanol–water partition coefficient (Wildman–Crippen LogP) is -0.523. The Morgan fingerprint density at radius 2 is 2.25 bits per heavy atom. The highest BCUT2D eigenvalue weighted by Crippen LogP contribution is 2.22. The topological polar surface area (TPSA) is 89.9 Å². The highest BCUT2D eigenvalue weighted by Gasteiger charge is 2.37. The summed E-state index contributed by atoms with van der Waals surface area (Å²) in [5.74, 6) is -2.40. The Bertz CT molecular complexity index is 358. The summed E-state index contributed by atoms with van der Waals surface area (Å²) in [5.41, 5.74) is -0.199. The quantitative estimate of drug-likeness (QED) is 0.589. The van der Waals surface area contributed by atoms with E-state index in [0.717, 1.165) is 19.4 Å². The molecule has 0 aromatic heterocycles. The fourth-order valence-electron chi connectivity index (χ4n) is 2.15. The van der Waals surface area contributed by atoms with Gasteiger partial charge in [-0.2, -0.15) is 0 Å². The Hall–Kier alpha value is -1.56. The van der Waals surface area contributed by atoms with E-state index in [1.54, 1.807) is 0 Å². The van der Waals surface area contributed by atoms with Crippen LogP contribution in [0.5, 0.6) is 0 Å². The van der Waals surface area contributed by atoms with Crippen LogP contribution in [0.25, 0.3) is 0 Å². The molecule has 2 aliphatic heterocycles. The summed E-state index contributed by atoms with van der Waals surface area (Å²) in [5, 5.41) is 21.4. The van der Waals surface area contributed by atoms with Crippen molar-refractivity contribution in [1.29, 1.82) is 0 Å². The molecule has 0 spiro atoms. The number of carboxylic acid groups (broad SMARTS) is 1. The van der Waals surface area contributed by atoms with Crippen molar-refractivity contribution in [2.75, 3.05) is 19.6 Å². The van der Waals surface area contributed by atoms with E-state index < -0.39 is 17.6 Å². The number of hydrogen-bond acceptors (Lipinski definition) is 4. The van der Waals surface area contributed by atoms with Gasteiger partial charge in [0.2, 0.25) is 0 Å². The van der Waals surface area contributed by atoms with Gasteiger partial charge in [0.15, 0.2) is 5.76 Å². The molecule has 1 fully saturated rings. The van der Waals surface area contributed by atoms with Crippen molar-refractivity contribution in [3.8, 4) is 0 Å². The number of carbonyl (C=O) groups is 2.